The third kappa shape index (κ3) is 2.44. The van der Waals surface area contributed by atoms with Gasteiger partial charge in [-0.05, 0) is 85.7 Å². The van der Waals surface area contributed by atoms with Crippen molar-refractivity contribution >= 4 is 5.97 Å². The maximum absolute atomic E-state index is 13.4. The van der Waals surface area contributed by atoms with E-state index < -0.39 is 11.8 Å². The van der Waals surface area contributed by atoms with Gasteiger partial charge >= 0.3 is 5.97 Å². The van der Waals surface area contributed by atoms with Gasteiger partial charge in [0.2, 0.25) is 0 Å². The van der Waals surface area contributed by atoms with Crippen LogP contribution in [0.4, 0.5) is 4.39 Å². The summed E-state index contributed by atoms with van der Waals surface area (Å²) in [6, 6.07) is 3.95. The lowest BCUT2D eigenvalue weighted by Crippen LogP contribution is -2.05. The highest BCUT2D eigenvalue weighted by molar-refractivity contribution is 5.97. The Bertz CT molecular complexity index is 716. The lowest BCUT2D eigenvalue weighted by atomic mass is 9.85. The van der Waals surface area contributed by atoms with Crippen LogP contribution in [-0.4, -0.2) is 11.1 Å². The number of carbonyl (C=O) groups is 1. The van der Waals surface area contributed by atoms with Crippen molar-refractivity contribution in [1.29, 1.82) is 0 Å². The van der Waals surface area contributed by atoms with Crippen LogP contribution < -0.4 is 0 Å². The van der Waals surface area contributed by atoms with Gasteiger partial charge in [0.15, 0.2) is 0 Å². The van der Waals surface area contributed by atoms with E-state index in [4.69, 9.17) is 0 Å². The SMILES string of the molecule is Cc1c(C)c(C)c(-c2ccc(F)cc2C(=O)O)c(C)c1C. The summed E-state index contributed by atoms with van der Waals surface area (Å²) < 4.78 is 13.4. The molecule has 0 aliphatic heterocycles. The van der Waals surface area contributed by atoms with Crippen LogP contribution in [0.1, 0.15) is 38.2 Å². The van der Waals surface area contributed by atoms with Gasteiger partial charge in [-0.25, -0.2) is 9.18 Å². The molecule has 0 bridgehead atoms. The number of benzene rings is 2. The highest BCUT2D eigenvalue weighted by atomic mass is 19.1. The molecule has 110 valence electrons. The average molecular weight is 286 g/mol. The molecule has 3 heteroatoms. The Kier molecular flexibility index (Phi) is 3.86. The van der Waals surface area contributed by atoms with E-state index in [0.29, 0.717) is 5.56 Å². The van der Waals surface area contributed by atoms with Gasteiger partial charge in [0.1, 0.15) is 5.82 Å². The number of halogens is 1. The van der Waals surface area contributed by atoms with Crippen molar-refractivity contribution in [2.75, 3.05) is 0 Å². The van der Waals surface area contributed by atoms with Crippen molar-refractivity contribution in [3.63, 3.8) is 0 Å². The number of carboxylic acid groups (broad SMARTS) is 1. The van der Waals surface area contributed by atoms with Gasteiger partial charge in [0, 0.05) is 0 Å². The normalized spacial score (nSPS) is 10.8. The van der Waals surface area contributed by atoms with Crippen LogP contribution in [0.15, 0.2) is 18.2 Å². The fourth-order valence-corrected chi connectivity index (χ4v) is 2.82. The van der Waals surface area contributed by atoms with Gasteiger partial charge in [-0.1, -0.05) is 6.07 Å². The second-order valence-electron chi connectivity index (χ2n) is 5.50. The highest BCUT2D eigenvalue weighted by Gasteiger charge is 2.19. The third-order valence-corrected chi connectivity index (χ3v) is 4.48. The summed E-state index contributed by atoms with van der Waals surface area (Å²) in [5.74, 6) is -1.65. The summed E-state index contributed by atoms with van der Waals surface area (Å²) in [6.07, 6.45) is 0. The molecule has 0 radical (unpaired) electrons. The average Bonchev–Trinajstić information content (AvgIpc) is 2.44. The highest BCUT2D eigenvalue weighted by Crippen LogP contribution is 2.36. The summed E-state index contributed by atoms with van der Waals surface area (Å²) >= 11 is 0. The van der Waals surface area contributed by atoms with Gasteiger partial charge < -0.3 is 5.11 Å². The van der Waals surface area contributed by atoms with E-state index in [1.165, 1.54) is 11.6 Å². The Morgan fingerprint density at radius 2 is 1.38 bits per heavy atom. The Labute approximate surface area is 124 Å². The van der Waals surface area contributed by atoms with Gasteiger partial charge in [0.25, 0.3) is 0 Å². The zero-order chi connectivity index (χ0) is 15.9. The molecular formula is C18H19FO2. The molecule has 1 N–H and O–H groups in total. The predicted molar refractivity (Wildman–Crippen MR) is 82.5 cm³/mol. The van der Waals surface area contributed by atoms with Crippen LogP contribution >= 0.6 is 0 Å². The molecule has 0 saturated carbocycles. The first-order valence-electron chi connectivity index (χ1n) is 6.85. The van der Waals surface area contributed by atoms with Gasteiger partial charge in [-0.3, -0.25) is 0 Å². The summed E-state index contributed by atoms with van der Waals surface area (Å²) in [7, 11) is 0. The predicted octanol–water partition coefficient (Wildman–Crippen LogP) is 4.73. The van der Waals surface area contributed by atoms with E-state index in [9.17, 15) is 14.3 Å². The zero-order valence-corrected chi connectivity index (χ0v) is 13.0. The fourth-order valence-electron chi connectivity index (χ4n) is 2.82. The van der Waals surface area contributed by atoms with E-state index in [2.05, 4.69) is 6.92 Å². The summed E-state index contributed by atoms with van der Waals surface area (Å²) in [6.45, 7) is 10.1. The topological polar surface area (TPSA) is 37.3 Å². The molecule has 0 aliphatic rings. The molecule has 0 aliphatic carbocycles. The largest absolute Gasteiger partial charge is 0.478 e. The monoisotopic (exact) mass is 286 g/mol. The fraction of sp³-hybridized carbons (Fsp3) is 0.278. The minimum atomic E-state index is -1.11. The number of aromatic carboxylic acids is 1. The van der Waals surface area contributed by atoms with Crippen LogP contribution in [0.25, 0.3) is 11.1 Å². The summed E-state index contributed by atoms with van der Waals surface area (Å²) in [5.41, 5.74) is 7.08. The quantitative estimate of drug-likeness (QED) is 0.866. The van der Waals surface area contributed by atoms with Crippen LogP contribution in [-0.2, 0) is 0 Å². The lowest BCUT2D eigenvalue weighted by Gasteiger charge is -2.20. The van der Waals surface area contributed by atoms with E-state index in [1.807, 2.05) is 27.7 Å². The summed E-state index contributed by atoms with van der Waals surface area (Å²) in [5, 5.41) is 9.36. The van der Waals surface area contributed by atoms with E-state index in [-0.39, 0.29) is 5.56 Å². The molecule has 0 spiro atoms. The van der Waals surface area contributed by atoms with Gasteiger partial charge in [-0.15, -0.1) is 0 Å². The van der Waals surface area contributed by atoms with Crippen molar-refractivity contribution in [3.8, 4) is 11.1 Å². The molecular weight excluding hydrogens is 267 g/mol. The Morgan fingerprint density at radius 1 is 0.905 bits per heavy atom. The molecule has 2 aromatic rings. The number of hydrogen-bond acceptors (Lipinski definition) is 1. The van der Waals surface area contributed by atoms with E-state index in [0.717, 1.165) is 33.9 Å². The minimum Gasteiger partial charge on any atom is -0.478 e. The molecule has 0 atom stereocenters. The first-order chi connectivity index (χ1) is 9.75. The van der Waals surface area contributed by atoms with Crippen molar-refractivity contribution < 1.29 is 14.3 Å². The van der Waals surface area contributed by atoms with Crippen LogP contribution in [0.2, 0.25) is 0 Å². The van der Waals surface area contributed by atoms with Crippen LogP contribution in [0, 0.1) is 40.4 Å². The van der Waals surface area contributed by atoms with Crippen molar-refractivity contribution in [1.82, 2.24) is 0 Å². The van der Waals surface area contributed by atoms with Gasteiger partial charge in [-0.2, -0.15) is 0 Å². The van der Waals surface area contributed by atoms with E-state index in [1.54, 1.807) is 6.07 Å². The van der Waals surface area contributed by atoms with Crippen molar-refractivity contribution in [3.05, 3.63) is 57.4 Å². The first-order valence-corrected chi connectivity index (χ1v) is 6.85. The molecule has 0 unspecified atom stereocenters. The molecule has 2 aromatic carbocycles. The molecule has 2 rings (SSSR count). The molecule has 0 fully saturated rings. The van der Waals surface area contributed by atoms with Crippen molar-refractivity contribution in [2.24, 2.45) is 0 Å². The zero-order valence-electron chi connectivity index (χ0n) is 13.0. The maximum atomic E-state index is 13.4. The molecule has 2 nitrogen and oxygen atoms in total. The smallest absolute Gasteiger partial charge is 0.336 e. The van der Waals surface area contributed by atoms with Crippen LogP contribution in [0.5, 0.6) is 0 Å². The third-order valence-electron chi connectivity index (χ3n) is 4.48. The molecule has 0 amide bonds. The number of carboxylic acids is 1. The minimum absolute atomic E-state index is 0.00357. The second kappa shape index (κ2) is 5.32. The number of rotatable bonds is 2. The lowest BCUT2D eigenvalue weighted by molar-refractivity contribution is 0.0697. The van der Waals surface area contributed by atoms with Gasteiger partial charge in [0.05, 0.1) is 5.56 Å². The molecule has 0 heterocycles. The number of hydrogen-bond donors (Lipinski definition) is 1. The Morgan fingerprint density at radius 3 is 1.86 bits per heavy atom. The van der Waals surface area contributed by atoms with Crippen LogP contribution in [0.3, 0.4) is 0 Å². The summed E-state index contributed by atoms with van der Waals surface area (Å²) in [4.78, 5) is 11.4. The molecule has 21 heavy (non-hydrogen) atoms. The van der Waals surface area contributed by atoms with Crippen molar-refractivity contribution in [2.45, 2.75) is 34.6 Å². The molecule has 0 saturated heterocycles. The molecule has 0 aromatic heterocycles. The standard InChI is InChI=1S/C18H19FO2/c1-9-10(2)12(4)17(13(5)11(9)3)15-7-6-14(19)8-16(15)18(20)21/h6-8H,1-5H3,(H,20,21). The Balaban J connectivity index is 2.89. The first kappa shape index (κ1) is 15.2. The Hall–Kier alpha value is -2.16. The second-order valence-corrected chi connectivity index (χ2v) is 5.50. The van der Waals surface area contributed by atoms with E-state index >= 15 is 0 Å². The maximum Gasteiger partial charge on any atom is 0.336 e.